The Hall–Kier alpha value is -1.26. The van der Waals surface area contributed by atoms with Gasteiger partial charge >= 0.3 is 7.12 Å². The first-order chi connectivity index (χ1) is 7.39. The van der Waals surface area contributed by atoms with Crippen molar-refractivity contribution in [2.45, 2.75) is 26.2 Å². The zero-order chi connectivity index (χ0) is 11.9. The zero-order valence-corrected chi connectivity index (χ0v) is 9.69. The maximum absolute atomic E-state index is 9.25. The molecule has 0 saturated heterocycles. The van der Waals surface area contributed by atoms with Gasteiger partial charge in [-0.2, -0.15) is 0 Å². The molecule has 0 atom stereocenters. The SMILES string of the molecule is CC(C)(C)c1cc2c(B(O)O)cccc2o1. The molecule has 4 heteroatoms. The first-order valence-corrected chi connectivity index (χ1v) is 5.28. The average molecular weight is 218 g/mol. The Balaban J connectivity index is 2.66. The average Bonchev–Trinajstić information content (AvgIpc) is 2.59. The summed E-state index contributed by atoms with van der Waals surface area (Å²) in [6.07, 6.45) is 0. The molecule has 0 aliphatic carbocycles. The first-order valence-electron chi connectivity index (χ1n) is 5.28. The van der Waals surface area contributed by atoms with Crippen molar-refractivity contribution in [2.24, 2.45) is 0 Å². The summed E-state index contributed by atoms with van der Waals surface area (Å²) >= 11 is 0. The zero-order valence-electron chi connectivity index (χ0n) is 9.69. The Morgan fingerprint density at radius 2 is 1.88 bits per heavy atom. The van der Waals surface area contributed by atoms with Crippen LogP contribution in [0.25, 0.3) is 11.0 Å². The van der Waals surface area contributed by atoms with Crippen LogP contribution in [0.15, 0.2) is 28.7 Å². The molecule has 2 aromatic rings. The van der Waals surface area contributed by atoms with Crippen LogP contribution in [-0.2, 0) is 5.41 Å². The summed E-state index contributed by atoms with van der Waals surface area (Å²) < 4.78 is 5.70. The van der Waals surface area contributed by atoms with E-state index in [-0.39, 0.29) is 5.41 Å². The van der Waals surface area contributed by atoms with Gasteiger partial charge in [-0.15, -0.1) is 0 Å². The molecule has 0 saturated carbocycles. The lowest BCUT2D eigenvalue weighted by Gasteiger charge is -2.13. The molecular weight excluding hydrogens is 203 g/mol. The van der Waals surface area contributed by atoms with Gasteiger partial charge in [0.1, 0.15) is 11.3 Å². The second-order valence-corrected chi connectivity index (χ2v) is 4.99. The van der Waals surface area contributed by atoms with E-state index in [0.29, 0.717) is 11.0 Å². The standard InChI is InChI=1S/C12H15BO3/c1-12(2,3)11-7-8-9(13(14)15)5-4-6-10(8)16-11/h4-7,14-15H,1-3H3. The van der Waals surface area contributed by atoms with Crippen LogP contribution in [0.4, 0.5) is 0 Å². The Labute approximate surface area is 94.8 Å². The molecule has 0 aliphatic heterocycles. The quantitative estimate of drug-likeness (QED) is 0.711. The van der Waals surface area contributed by atoms with Crippen molar-refractivity contribution in [1.82, 2.24) is 0 Å². The van der Waals surface area contributed by atoms with E-state index in [2.05, 4.69) is 20.8 Å². The van der Waals surface area contributed by atoms with Crippen LogP contribution >= 0.6 is 0 Å². The molecule has 1 aromatic heterocycles. The molecule has 16 heavy (non-hydrogen) atoms. The monoisotopic (exact) mass is 218 g/mol. The van der Waals surface area contributed by atoms with E-state index >= 15 is 0 Å². The molecule has 2 N–H and O–H groups in total. The minimum absolute atomic E-state index is 0.0866. The molecule has 0 radical (unpaired) electrons. The molecule has 0 amide bonds. The van der Waals surface area contributed by atoms with E-state index in [1.54, 1.807) is 12.1 Å². The summed E-state index contributed by atoms with van der Waals surface area (Å²) in [7, 11) is -1.46. The van der Waals surface area contributed by atoms with Crippen molar-refractivity contribution in [3.8, 4) is 0 Å². The van der Waals surface area contributed by atoms with E-state index < -0.39 is 7.12 Å². The van der Waals surface area contributed by atoms with Gasteiger partial charge in [-0.1, -0.05) is 32.9 Å². The van der Waals surface area contributed by atoms with Gasteiger partial charge in [0.15, 0.2) is 0 Å². The lowest BCUT2D eigenvalue weighted by molar-refractivity contribution is 0.426. The summed E-state index contributed by atoms with van der Waals surface area (Å²) in [5, 5.41) is 19.3. The molecule has 0 spiro atoms. The Morgan fingerprint density at radius 3 is 2.44 bits per heavy atom. The second-order valence-electron chi connectivity index (χ2n) is 4.99. The van der Waals surface area contributed by atoms with Gasteiger partial charge in [-0.25, -0.2) is 0 Å². The van der Waals surface area contributed by atoms with E-state index in [9.17, 15) is 10.0 Å². The summed E-state index contributed by atoms with van der Waals surface area (Å²) in [4.78, 5) is 0. The fraction of sp³-hybridized carbons (Fsp3) is 0.333. The molecule has 1 aromatic carbocycles. The normalized spacial score (nSPS) is 12.1. The molecule has 0 unspecified atom stereocenters. The Kier molecular flexibility index (Phi) is 2.56. The lowest BCUT2D eigenvalue weighted by atomic mass is 9.78. The maximum Gasteiger partial charge on any atom is 0.489 e. The van der Waals surface area contributed by atoms with Crippen LogP contribution in [0, 0.1) is 0 Å². The number of hydrogen-bond acceptors (Lipinski definition) is 3. The van der Waals surface area contributed by atoms with Crippen LogP contribution in [0.3, 0.4) is 0 Å². The van der Waals surface area contributed by atoms with Crippen molar-refractivity contribution < 1.29 is 14.5 Å². The highest BCUT2D eigenvalue weighted by Gasteiger charge is 2.22. The fourth-order valence-electron chi connectivity index (χ4n) is 1.68. The van der Waals surface area contributed by atoms with Crippen LogP contribution in [0.1, 0.15) is 26.5 Å². The predicted octanol–water partition coefficient (Wildman–Crippen LogP) is 1.41. The number of furan rings is 1. The molecule has 0 aliphatic rings. The Morgan fingerprint density at radius 1 is 1.19 bits per heavy atom. The van der Waals surface area contributed by atoms with Gasteiger partial charge in [-0.3, -0.25) is 0 Å². The Bertz CT molecular complexity index is 508. The molecule has 3 nitrogen and oxygen atoms in total. The largest absolute Gasteiger partial charge is 0.489 e. The van der Waals surface area contributed by atoms with Crippen molar-refractivity contribution in [3.63, 3.8) is 0 Å². The maximum atomic E-state index is 9.25. The van der Waals surface area contributed by atoms with Gasteiger partial charge in [0.25, 0.3) is 0 Å². The van der Waals surface area contributed by atoms with Crippen molar-refractivity contribution in [2.75, 3.05) is 0 Å². The molecular formula is C12H15BO3. The highest BCUT2D eigenvalue weighted by atomic mass is 16.4. The van der Waals surface area contributed by atoms with Gasteiger partial charge < -0.3 is 14.5 Å². The predicted molar refractivity (Wildman–Crippen MR) is 64.7 cm³/mol. The van der Waals surface area contributed by atoms with Gasteiger partial charge in [0.2, 0.25) is 0 Å². The molecule has 0 bridgehead atoms. The van der Waals surface area contributed by atoms with E-state index in [1.807, 2.05) is 12.1 Å². The molecule has 0 fully saturated rings. The van der Waals surface area contributed by atoms with Crippen LogP contribution in [0.2, 0.25) is 0 Å². The highest BCUT2D eigenvalue weighted by molar-refractivity contribution is 6.61. The van der Waals surface area contributed by atoms with Crippen molar-refractivity contribution in [3.05, 3.63) is 30.0 Å². The van der Waals surface area contributed by atoms with Crippen LogP contribution < -0.4 is 5.46 Å². The van der Waals surface area contributed by atoms with E-state index in [4.69, 9.17) is 4.42 Å². The molecule has 84 valence electrons. The lowest BCUT2D eigenvalue weighted by Crippen LogP contribution is -2.30. The topological polar surface area (TPSA) is 53.6 Å². The van der Waals surface area contributed by atoms with Crippen LogP contribution in [-0.4, -0.2) is 17.2 Å². The summed E-state index contributed by atoms with van der Waals surface area (Å²) in [5.41, 5.74) is 1.09. The van der Waals surface area contributed by atoms with Crippen molar-refractivity contribution >= 4 is 23.6 Å². The van der Waals surface area contributed by atoms with Crippen LogP contribution in [0.5, 0.6) is 0 Å². The summed E-state index contributed by atoms with van der Waals surface area (Å²) in [6.45, 7) is 6.17. The second kappa shape index (κ2) is 3.65. The fourth-order valence-corrected chi connectivity index (χ4v) is 1.68. The minimum atomic E-state index is -1.46. The minimum Gasteiger partial charge on any atom is -0.461 e. The van der Waals surface area contributed by atoms with Crippen molar-refractivity contribution in [1.29, 1.82) is 0 Å². The van der Waals surface area contributed by atoms with E-state index in [1.165, 1.54) is 0 Å². The number of benzene rings is 1. The van der Waals surface area contributed by atoms with Gasteiger partial charge in [0, 0.05) is 10.8 Å². The molecule has 2 rings (SSSR count). The summed E-state index contributed by atoms with van der Waals surface area (Å²) in [5.74, 6) is 0.843. The van der Waals surface area contributed by atoms with E-state index in [0.717, 1.165) is 11.1 Å². The third-order valence-electron chi connectivity index (χ3n) is 2.61. The van der Waals surface area contributed by atoms with Gasteiger partial charge in [-0.05, 0) is 17.6 Å². The number of hydrogen-bond donors (Lipinski definition) is 2. The first kappa shape index (κ1) is 11.2. The third kappa shape index (κ3) is 1.86. The highest BCUT2D eigenvalue weighted by Crippen LogP contribution is 2.28. The molecule has 1 heterocycles. The number of fused-ring (bicyclic) bond motifs is 1. The summed E-state index contributed by atoms with van der Waals surface area (Å²) in [6, 6.07) is 7.16. The van der Waals surface area contributed by atoms with Gasteiger partial charge in [0.05, 0.1) is 0 Å². The third-order valence-corrected chi connectivity index (χ3v) is 2.61. The smallest absolute Gasteiger partial charge is 0.461 e. The number of rotatable bonds is 1.